The molecule has 1 amide bonds. The molecule has 120 valence electrons. The van der Waals surface area contributed by atoms with Crippen molar-refractivity contribution in [3.05, 3.63) is 42.2 Å². The van der Waals surface area contributed by atoms with E-state index in [1.165, 1.54) is 12.8 Å². The third kappa shape index (κ3) is 3.71. The van der Waals surface area contributed by atoms with Gasteiger partial charge in [0.2, 0.25) is 0 Å². The van der Waals surface area contributed by atoms with E-state index in [1.54, 1.807) is 50.9 Å². The molecule has 1 aromatic carbocycles. The monoisotopic (exact) mass is 313 g/mol. The Labute approximate surface area is 134 Å². The number of methoxy groups -OCH3 is 2. The molecule has 6 nitrogen and oxygen atoms in total. The summed E-state index contributed by atoms with van der Waals surface area (Å²) in [6, 6.07) is 7.54. The van der Waals surface area contributed by atoms with Crippen molar-refractivity contribution in [1.82, 2.24) is 4.98 Å². The molecule has 0 saturated heterocycles. The van der Waals surface area contributed by atoms with Gasteiger partial charge >= 0.3 is 0 Å². The van der Waals surface area contributed by atoms with Crippen LogP contribution in [0, 0.1) is 0 Å². The molecule has 0 atom stereocenters. The third-order valence-corrected chi connectivity index (χ3v) is 3.61. The summed E-state index contributed by atoms with van der Waals surface area (Å²) in [5, 5.41) is 6.17. The highest BCUT2D eigenvalue weighted by Crippen LogP contribution is 2.29. The first kappa shape index (κ1) is 15.1. The fraction of sp³-hybridized carbons (Fsp3) is 0.294. The van der Waals surface area contributed by atoms with Crippen molar-refractivity contribution in [3.8, 4) is 11.5 Å². The number of pyridine rings is 1. The lowest BCUT2D eigenvalue weighted by Crippen LogP contribution is -2.13. The van der Waals surface area contributed by atoms with Crippen LogP contribution >= 0.6 is 0 Å². The van der Waals surface area contributed by atoms with Gasteiger partial charge in [0, 0.05) is 24.5 Å². The number of ether oxygens (including phenoxy) is 2. The number of amides is 1. The Hall–Kier alpha value is -2.76. The van der Waals surface area contributed by atoms with Gasteiger partial charge in [0.25, 0.3) is 5.91 Å². The average molecular weight is 313 g/mol. The molecule has 0 radical (unpaired) electrons. The zero-order valence-electron chi connectivity index (χ0n) is 13.1. The zero-order valence-corrected chi connectivity index (χ0v) is 13.1. The molecule has 2 aromatic rings. The molecule has 6 heteroatoms. The van der Waals surface area contributed by atoms with Crippen molar-refractivity contribution in [1.29, 1.82) is 0 Å². The summed E-state index contributed by atoms with van der Waals surface area (Å²) in [4.78, 5) is 16.5. The molecule has 1 heterocycles. The van der Waals surface area contributed by atoms with E-state index in [-0.39, 0.29) is 5.91 Å². The summed E-state index contributed by atoms with van der Waals surface area (Å²) < 4.78 is 10.4. The highest BCUT2D eigenvalue weighted by molar-refractivity contribution is 6.05. The van der Waals surface area contributed by atoms with Crippen LogP contribution in [0.1, 0.15) is 23.2 Å². The van der Waals surface area contributed by atoms with Crippen LogP contribution in [0.5, 0.6) is 11.5 Å². The van der Waals surface area contributed by atoms with E-state index in [9.17, 15) is 4.79 Å². The summed E-state index contributed by atoms with van der Waals surface area (Å²) >= 11 is 0. The summed E-state index contributed by atoms with van der Waals surface area (Å²) in [6.45, 7) is 0. The normalized spacial score (nSPS) is 13.3. The first-order valence-electron chi connectivity index (χ1n) is 7.44. The molecular formula is C17H19N3O3. The van der Waals surface area contributed by atoms with Crippen LogP contribution in [-0.2, 0) is 0 Å². The van der Waals surface area contributed by atoms with Crippen molar-refractivity contribution in [2.24, 2.45) is 0 Å². The molecule has 0 spiro atoms. The molecular weight excluding hydrogens is 294 g/mol. The molecule has 0 bridgehead atoms. The molecule has 0 unspecified atom stereocenters. The van der Waals surface area contributed by atoms with E-state index in [2.05, 4.69) is 15.6 Å². The largest absolute Gasteiger partial charge is 0.497 e. The number of nitrogens with zero attached hydrogens (tertiary/aromatic N) is 1. The molecule has 0 aliphatic heterocycles. The van der Waals surface area contributed by atoms with E-state index < -0.39 is 0 Å². The summed E-state index contributed by atoms with van der Waals surface area (Å²) in [5.74, 6) is 0.968. The zero-order chi connectivity index (χ0) is 16.2. The fourth-order valence-electron chi connectivity index (χ4n) is 2.20. The fourth-order valence-corrected chi connectivity index (χ4v) is 2.20. The van der Waals surface area contributed by atoms with Crippen molar-refractivity contribution in [3.63, 3.8) is 0 Å². The molecule has 23 heavy (non-hydrogen) atoms. The number of hydrogen-bond acceptors (Lipinski definition) is 5. The van der Waals surface area contributed by atoms with Gasteiger partial charge in [-0.2, -0.15) is 0 Å². The van der Waals surface area contributed by atoms with Crippen LogP contribution in [0.2, 0.25) is 0 Å². The van der Waals surface area contributed by atoms with Crippen LogP contribution in [0.25, 0.3) is 0 Å². The predicted molar refractivity (Wildman–Crippen MR) is 88.4 cm³/mol. The van der Waals surface area contributed by atoms with Crippen molar-refractivity contribution in [2.45, 2.75) is 18.9 Å². The average Bonchev–Trinajstić information content (AvgIpc) is 3.39. The Morgan fingerprint density at radius 3 is 2.70 bits per heavy atom. The third-order valence-electron chi connectivity index (χ3n) is 3.61. The maximum Gasteiger partial charge on any atom is 0.257 e. The van der Waals surface area contributed by atoms with Crippen molar-refractivity contribution in [2.75, 3.05) is 24.9 Å². The van der Waals surface area contributed by atoms with Crippen LogP contribution in [0.3, 0.4) is 0 Å². The Kier molecular flexibility index (Phi) is 4.32. The van der Waals surface area contributed by atoms with Crippen molar-refractivity contribution >= 4 is 17.3 Å². The smallest absolute Gasteiger partial charge is 0.257 e. The molecule has 1 aromatic heterocycles. The Bertz CT molecular complexity index is 714. The lowest BCUT2D eigenvalue weighted by atomic mass is 10.2. The summed E-state index contributed by atoms with van der Waals surface area (Å²) in [7, 11) is 3.13. The van der Waals surface area contributed by atoms with Crippen LogP contribution in [-0.4, -0.2) is 31.2 Å². The standard InChI is InChI=1S/C17H19N3O3/c1-22-14-5-6-15(16(8-14)23-2)20-17(21)11-7-13(10-18-9-11)19-12-3-4-12/h5-10,12,19H,3-4H2,1-2H3,(H,20,21). The number of rotatable bonds is 6. The topological polar surface area (TPSA) is 72.5 Å². The van der Waals surface area contributed by atoms with Gasteiger partial charge in [0.15, 0.2) is 0 Å². The van der Waals surface area contributed by atoms with Crippen LogP contribution < -0.4 is 20.1 Å². The SMILES string of the molecule is COc1ccc(NC(=O)c2cncc(NC3CC3)c2)c(OC)c1. The van der Waals surface area contributed by atoms with E-state index in [1.807, 2.05) is 0 Å². The van der Waals surface area contributed by atoms with Gasteiger partial charge in [0.1, 0.15) is 11.5 Å². The van der Waals surface area contributed by atoms with Gasteiger partial charge in [-0.15, -0.1) is 0 Å². The number of nitrogens with one attached hydrogen (secondary N) is 2. The maximum absolute atomic E-state index is 12.4. The van der Waals surface area contributed by atoms with Crippen LogP contribution in [0.15, 0.2) is 36.7 Å². The maximum atomic E-state index is 12.4. The molecule has 1 fully saturated rings. The number of hydrogen-bond donors (Lipinski definition) is 2. The Balaban J connectivity index is 1.75. The highest BCUT2D eigenvalue weighted by Gasteiger charge is 2.21. The van der Waals surface area contributed by atoms with Crippen LogP contribution in [0.4, 0.5) is 11.4 Å². The van der Waals surface area contributed by atoms with E-state index >= 15 is 0 Å². The van der Waals surface area contributed by atoms with E-state index in [0.29, 0.717) is 28.8 Å². The van der Waals surface area contributed by atoms with E-state index in [0.717, 1.165) is 5.69 Å². The first-order valence-corrected chi connectivity index (χ1v) is 7.44. The minimum Gasteiger partial charge on any atom is -0.497 e. The van der Waals surface area contributed by atoms with Gasteiger partial charge in [-0.25, -0.2) is 0 Å². The van der Waals surface area contributed by atoms with Gasteiger partial charge in [0.05, 0.1) is 31.2 Å². The van der Waals surface area contributed by atoms with Gasteiger partial charge in [-0.1, -0.05) is 0 Å². The number of benzene rings is 1. The Morgan fingerprint density at radius 1 is 1.17 bits per heavy atom. The summed E-state index contributed by atoms with van der Waals surface area (Å²) in [6.07, 6.45) is 5.60. The number of carbonyl (C=O) groups excluding carboxylic acids is 1. The first-order chi connectivity index (χ1) is 11.2. The van der Waals surface area contributed by atoms with Crippen molar-refractivity contribution < 1.29 is 14.3 Å². The lowest BCUT2D eigenvalue weighted by molar-refractivity contribution is 0.102. The molecule has 2 N–H and O–H groups in total. The second-order valence-corrected chi connectivity index (χ2v) is 5.40. The molecule has 1 saturated carbocycles. The number of anilines is 2. The predicted octanol–water partition coefficient (Wildman–Crippen LogP) is 2.93. The van der Waals surface area contributed by atoms with Gasteiger partial charge in [-0.3, -0.25) is 9.78 Å². The van der Waals surface area contributed by atoms with Gasteiger partial charge < -0.3 is 20.1 Å². The lowest BCUT2D eigenvalue weighted by Gasteiger charge is -2.12. The van der Waals surface area contributed by atoms with Gasteiger partial charge in [-0.05, 0) is 31.0 Å². The number of carbonyl (C=O) groups is 1. The Morgan fingerprint density at radius 2 is 2.00 bits per heavy atom. The molecule has 1 aliphatic carbocycles. The number of aromatic nitrogens is 1. The minimum absolute atomic E-state index is 0.236. The molecule has 1 aliphatic rings. The highest BCUT2D eigenvalue weighted by atomic mass is 16.5. The van der Waals surface area contributed by atoms with E-state index in [4.69, 9.17) is 9.47 Å². The second kappa shape index (κ2) is 6.56. The minimum atomic E-state index is -0.236. The second-order valence-electron chi connectivity index (χ2n) is 5.40. The quantitative estimate of drug-likeness (QED) is 0.858. The molecule has 3 rings (SSSR count). The summed E-state index contributed by atoms with van der Waals surface area (Å²) in [5.41, 5.74) is 1.94.